The highest BCUT2D eigenvalue weighted by Gasteiger charge is 2.13. The van der Waals surface area contributed by atoms with Gasteiger partial charge in [-0.2, -0.15) is 10.5 Å². The Bertz CT molecular complexity index is 887. The first-order chi connectivity index (χ1) is 13.5. The van der Waals surface area contributed by atoms with E-state index in [1.54, 1.807) is 30.3 Å². The van der Waals surface area contributed by atoms with Gasteiger partial charge in [-0.15, -0.1) is 0 Å². The van der Waals surface area contributed by atoms with Gasteiger partial charge in [0.25, 0.3) is 0 Å². The Balaban J connectivity index is 3.37. The van der Waals surface area contributed by atoms with Gasteiger partial charge in [0.2, 0.25) is 0 Å². The number of nitrogens with zero attached hydrogens (tertiary/aromatic N) is 2. The van der Waals surface area contributed by atoms with Crippen LogP contribution < -0.4 is 4.74 Å². The molecule has 1 rings (SSSR count). The number of ether oxygens (including phenoxy) is 4. The molecule has 0 heterocycles. The molecule has 0 bridgehead atoms. The molecule has 0 aliphatic rings. The lowest BCUT2D eigenvalue weighted by Gasteiger charge is -2.11. The predicted molar refractivity (Wildman–Crippen MR) is 99.3 cm³/mol. The van der Waals surface area contributed by atoms with Gasteiger partial charge < -0.3 is 18.9 Å². The van der Waals surface area contributed by atoms with E-state index in [1.807, 2.05) is 0 Å². The van der Waals surface area contributed by atoms with Crippen molar-refractivity contribution in [3.63, 3.8) is 0 Å². The molecule has 0 spiro atoms. The molecule has 0 N–H and O–H groups in total. The van der Waals surface area contributed by atoms with Gasteiger partial charge in [-0.05, 0) is 29.8 Å². The van der Waals surface area contributed by atoms with Crippen molar-refractivity contribution in [2.24, 2.45) is 0 Å². The molecule has 0 aliphatic heterocycles. The van der Waals surface area contributed by atoms with E-state index in [0.717, 1.165) is 7.11 Å². The van der Waals surface area contributed by atoms with E-state index in [9.17, 15) is 14.9 Å². The summed E-state index contributed by atoms with van der Waals surface area (Å²) in [4.78, 5) is 23.3. The zero-order valence-corrected chi connectivity index (χ0v) is 15.4. The molecular formula is C20H18N2O6. The minimum Gasteiger partial charge on any atom is -0.498 e. The average Bonchev–Trinajstić information content (AvgIpc) is 2.73. The van der Waals surface area contributed by atoms with Crippen molar-refractivity contribution >= 4 is 24.1 Å². The van der Waals surface area contributed by atoms with E-state index >= 15 is 0 Å². The highest BCUT2D eigenvalue weighted by molar-refractivity contribution is 5.99. The molecule has 8 nitrogen and oxygen atoms in total. The Hall–Kier alpha value is -4.04. The second-order valence-electron chi connectivity index (χ2n) is 5.01. The van der Waals surface area contributed by atoms with Crippen LogP contribution in [0.15, 0.2) is 42.2 Å². The van der Waals surface area contributed by atoms with Gasteiger partial charge in [0.1, 0.15) is 42.2 Å². The van der Waals surface area contributed by atoms with Crippen LogP contribution in [0.5, 0.6) is 5.75 Å². The van der Waals surface area contributed by atoms with Gasteiger partial charge in [0.15, 0.2) is 0 Å². The molecule has 144 valence electrons. The van der Waals surface area contributed by atoms with Crippen LogP contribution in [0.1, 0.15) is 11.1 Å². The maximum Gasteiger partial charge on any atom is 0.348 e. The summed E-state index contributed by atoms with van der Waals surface area (Å²) in [5, 5.41) is 18.3. The van der Waals surface area contributed by atoms with E-state index in [1.165, 1.54) is 25.5 Å². The summed E-state index contributed by atoms with van der Waals surface area (Å²) in [7, 11) is 2.33. The van der Waals surface area contributed by atoms with Gasteiger partial charge in [-0.25, -0.2) is 9.59 Å². The van der Waals surface area contributed by atoms with Crippen LogP contribution in [0.4, 0.5) is 0 Å². The molecule has 0 saturated carbocycles. The lowest BCUT2D eigenvalue weighted by atomic mass is 10.0. The average molecular weight is 382 g/mol. The second-order valence-corrected chi connectivity index (χ2v) is 5.01. The third kappa shape index (κ3) is 6.36. The molecule has 1 aromatic rings. The third-order valence-corrected chi connectivity index (χ3v) is 3.27. The van der Waals surface area contributed by atoms with Gasteiger partial charge in [-0.1, -0.05) is 12.6 Å². The minimum absolute atomic E-state index is 0.188. The fourth-order valence-electron chi connectivity index (χ4n) is 2.00. The Labute approximate surface area is 162 Å². The van der Waals surface area contributed by atoms with Crippen LogP contribution in [0.3, 0.4) is 0 Å². The summed E-state index contributed by atoms with van der Waals surface area (Å²) >= 11 is 0. The van der Waals surface area contributed by atoms with Crippen LogP contribution >= 0.6 is 0 Å². The Morgan fingerprint density at radius 2 is 1.64 bits per heavy atom. The number of carbonyl (C=O) groups excluding carboxylic acids is 2. The van der Waals surface area contributed by atoms with Crippen molar-refractivity contribution in [1.29, 1.82) is 10.5 Å². The molecule has 0 unspecified atom stereocenters. The van der Waals surface area contributed by atoms with Crippen LogP contribution in [0.25, 0.3) is 12.2 Å². The van der Waals surface area contributed by atoms with Crippen LogP contribution in [0, 0.1) is 22.7 Å². The smallest absolute Gasteiger partial charge is 0.348 e. The van der Waals surface area contributed by atoms with Crippen LogP contribution in [-0.4, -0.2) is 39.4 Å². The summed E-state index contributed by atoms with van der Waals surface area (Å²) in [5.41, 5.74) is 0.379. The lowest BCUT2D eigenvalue weighted by Crippen LogP contribution is -2.06. The summed E-state index contributed by atoms with van der Waals surface area (Å²) in [6.07, 6.45) is 3.88. The number of nitriles is 2. The van der Waals surface area contributed by atoms with E-state index < -0.39 is 11.9 Å². The highest BCUT2D eigenvalue weighted by Crippen LogP contribution is 2.25. The molecule has 0 amide bonds. The summed E-state index contributed by atoms with van der Waals surface area (Å²) in [5.74, 6) is -1.23. The first-order valence-corrected chi connectivity index (χ1v) is 7.90. The third-order valence-electron chi connectivity index (χ3n) is 3.27. The quantitative estimate of drug-likeness (QED) is 0.210. The van der Waals surface area contributed by atoms with Crippen molar-refractivity contribution in [2.75, 3.05) is 27.4 Å². The summed E-state index contributed by atoms with van der Waals surface area (Å²) < 4.78 is 19.7. The number of rotatable bonds is 9. The maximum absolute atomic E-state index is 11.7. The number of hydrogen-bond acceptors (Lipinski definition) is 8. The number of benzene rings is 1. The lowest BCUT2D eigenvalue weighted by molar-refractivity contribution is -0.136. The topological polar surface area (TPSA) is 119 Å². The molecule has 1 aromatic carbocycles. The van der Waals surface area contributed by atoms with Crippen molar-refractivity contribution in [2.45, 2.75) is 0 Å². The van der Waals surface area contributed by atoms with Crippen molar-refractivity contribution < 1.29 is 28.5 Å². The van der Waals surface area contributed by atoms with E-state index in [-0.39, 0.29) is 24.4 Å². The fourth-order valence-corrected chi connectivity index (χ4v) is 2.00. The molecule has 0 fully saturated rings. The molecular weight excluding hydrogens is 364 g/mol. The second kappa shape index (κ2) is 11.6. The minimum atomic E-state index is -0.809. The zero-order chi connectivity index (χ0) is 20.9. The molecule has 0 aliphatic carbocycles. The van der Waals surface area contributed by atoms with E-state index in [4.69, 9.17) is 14.7 Å². The molecule has 0 atom stereocenters. The van der Waals surface area contributed by atoms with Gasteiger partial charge >= 0.3 is 11.9 Å². The Kier molecular flexibility index (Phi) is 9.08. The first kappa shape index (κ1) is 22.0. The number of carbonyl (C=O) groups is 2. The van der Waals surface area contributed by atoms with Crippen LogP contribution in [-0.2, 0) is 23.8 Å². The normalized spacial score (nSPS) is 10.9. The first-order valence-electron chi connectivity index (χ1n) is 7.90. The number of esters is 2. The predicted octanol–water partition coefficient (Wildman–Crippen LogP) is 2.39. The standard InChI is InChI=1S/C20H18N2O6/c1-4-27-7-8-28-18-6-5-14(10-16(12-21)19(23)25-2)9-15(18)11-17(13-22)20(24)26-3/h4-6,9-11H,1,7-8H2,2-3H3/b16-10-,17-11+. The van der Waals surface area contributed by atoms with Gasteiger partial charge in [0, 0.05) is 5.56 Å². The van der Waals surface area contributed by atoms with Crippen LogP contribution in [0.2, 0.25) is 0 Å². The van der Waals surface area contributed by atoms with Crippen molar-refractivity contribution in [1.82, 2.24) is 0 Å². The molecule has 28 heavy (non-hydrogen) atoms. The number of hydrogen-bond donors (Lipinski definition) is 0. The van der Waals surface area contributed by atoms with E-state index in [2.05, 4.69) is 16.1 Å². The molecule has 0 saturated heterocycles. The SMILES string of the molecule is C=COCCOc1ccc(/C=C(/C#N)C(=O)OC)cc1/C=C(\C#N)C(=O)OC. The maximum atomic E-state index is 11.7. The van der Waals surface area contributed by atoms with E-state index in [0.29, 0.717) is 16.9 Å². The van der Waals surface area contributed by atoms with Crippen molar-refractivity contribution in [3.05, 3.63) is 53.3 Å². The molecule has 8 heteroatoms. The van der Waals surface area contributed by atoms with Gasteiger partial charge in [-0.3, -0.25) is 0 Å². The highest BCUT2D eigenvalue weighted by atomic mass is 16.5. The van der Waals surface area contributed by atoms with Gasteiger partial charge in [0.05, 0.1) is 20.5 Å². The Morgan fingerprint density at radius 3 is 2.18 bits per heavy atom. The molecule has 0 radical (unpaired) electrons. The Morgan fingerprint density at radius 1 is 1.04 bits per heavy atom. The van der Waals surface area contributed by atoms with Crippen molar-refractivity contribution in [3.8, 4) is 17.9 Å². The summed E-state index contributed by atoms with van der Waals surface area (Å²) in [6, 6.07) is 8.23. The largest absolute Gasteiger partial charge is 0.498 e. The monoisotopic (exact) mass is 382 g/mol. The number of methoxy groups -OCH3 is 2. The summed E-state index contributed by atoms with van der Waals surface area (Å²) in [6.45, 7) is 3.86. The molecule has 0 aromatic heterocycles. The zero-order valence-electron chi connectivity index (χ0n) is 15.4. The fraction of sp³-hybridized carbons (Fsp3) is 0.200.